The molecule has 3 heterocycles. The van der Waals surface area contributed by atoms with Crippen LogP contribution in [0.2, 0.25) is 10.0 Å². The lowest BCUT2D eigenvalue weighted by atomic mass is 9.80. The third kappa shape index (κ3) is 3.73. The highest BCUT2D eigenvalue weighted by molar-refractivity contribution is 6.43. The van der Waals surface area contributed by atoms with Gasteiger partial charge in [-0.05, 0) is 49.1 Å². The van der Waals surface area contributed by atoms with E-state index in [1.807, 2.05) is 13.0 Å². The second kappa shape index (κ2) is 8.75. The normalized spacial score (nSPS) is 24.3. The molecule has 5 rings (SSSR count). The first-order valence-electron chi connectivity index (χ1n) is 11.2. The van der Waals surface area contributed by atoms with E-state index in [1.165, 1.54) is 5.56 Å². The van der Waals surface area contributed by atoms with Gasteiger partial charge in [-0.25, -0.2) is 5.43 Å². The largest absolute Gasteiger partial charge is 0.488 e. The van der Waals surface area contributed by atoms with Crippen molar-refractivity contribution in [2.45, 2.75) is 44.2 Å². The van der Waals surface area contributed by atoms with Crippen LogP contribution in [0.25, 0.3) is 0 Å². The van der Waals surface area contributed by atoms with Crippen LogP contribution in [0.5, 0.6) is 5.75 Å². The minimum Gasteiger partial charge on any atom is -0.488 e. The number of nitrogens with zero attached hydrogens (tertiary/aromatic N) is 2. The molecular weight excluding hydrogens is 449 g/mol. The number of likely N-dealkylation sites (tertiary alicyclic amines) is 1. The predicted octanol–water partition coefficient (Wildman–Crippen LogP) is 3.76. The molecule has 1 amide bonds. The zero-order valence-corrected chi connectivity index (χ0v) is 19.5. The molecule has 32 heavy (non-hydrogen) atoms. The van der Waals surface area contributed by atoms with E-state index in [1.54, 1.807) is 4.90 Å². The number of fused-ring (bicyclic) bond motifs is 3. The summed E-state index contributed by atoms with van der Waals surface area (Å²) in [6.07, 6.45) is 2.48. The van der Waals surface area contributed by atoms with Crippen LogP contribution in [-0.2, 0) is 11.2 Å². The molecule has 3 atom stereocenters. The lowest BCUT2D eigenvalue weighted by Gasteiger charge is -2.40. The van der Waals surface area contributed by atoms with E-state index in [9.17, 15) is 9.90 Å². The molecular formula is C24H27Cl2N3O3. The summed E-state index contributed by atoms with van der Waals surface area (Å²) in [6.45, 7) is 4.12. The van der Waals surface area contributed by atoms with E-state index >= 15 is 0 Å². The van der Waals surface area contributed by atoms with E-state index in [0.29, 0.717) is 35.2 Å². The smallest absolute Gasteiger partial charge is 0.248 e. The Morgan fingerprint density at radius 1 is 1.25 bits per heavy atom. The number of aliphatic hydroxyl groups is 1. The molecule has 3 aliphatic heterocycles. The first kappa shape index (κ1) is 21.8. The molecule has 0 aliphatic carbocycles. The van der Waals surface area contributed by atoms with Crippen molar-refractivity contribution in [1.82, 2.24) is 10.3 Å². The second-order valence-corrected chi connectivity index (χ2v) is 9.57. The Hall–Kier alpha value is -1.99. The number of hydrazine groups is 1. The first-order valence-corrected chi connectivity index (χ1v) is 11.9. The zero-order valence-electron chi connectivity index (χ0n) is 18.0. The van der Waals surface area contributed by atoms with Crippen LogP contribution in [-0.4, -0.2) is 54.3 Å². The SMILES string of the molecule is C[C@H]1C2c3c(Cc4ccc(N5CCCN5)cc4)cc(Cl)c(Cl)c3OC2CCN1C(=O)CO. The Bertz CT molecular complexity index is 1020. The Kier molecular flexibility index (Phi) is 5.97. The fourth-order valence-electron chi connectivity index (χ4n) is 5.37. The topological polar surface area (TPSA) is 65.0 Å². The van der Waals surface area contributed by atoms with Crippen LogP contribution in [0.15, 0.2) is 30.3 Å². The zero-order chi connectivity index (χ0) is 22.4. The standard InChI is InChI=1S/C24H27Cl2N3O3/c1-14-21-19(7-10-28(14)20(31)13-30)32-24-22(21)16(12-18(25)23(24)26)11-15-3-5-17(6-4-15)29-9-2-8-27-29/h3-6,12,14,19,21,27,30H,2,7-11,13H2,1H3/t14-,19?,21?/m0/s1. The van der Waals surface area contributed by atoms with Gasteiger partial charge in [-0.3, -0.25) is 4.79 Å². The van der Waals surface area contributed by atoms with Crippen molar-refractivity contribution in [2.24, 2.45) is 0 Å². The molecule has 0 saturated carbocycles. The number of aliphatic hydroxyl groups excluding tert-OH is 1. The predicted molar refractivity (Wildman–Crippen MR) is 126 cm³/mol. The fraction of sp³-hybridized carbons (Fsp3) is 0.458. The van der Waals surface area contributed by atoms with Gasteiger partial charge in [0.1, 0.15) is 23.5 Å². The van der Waals surface area contributed by atoms with Crippen molar-refractivity contribution < 1.29 is 14.6 Å². The number of nitrogens with one attached hydrogen (secondary N) is 1. The van der Waals surface area contributed by atoms with Gasteiger partial charge in [-0.2, -0.15) is 0 Å². The Morgan fingerprint density at radius 2 is 2.03 bits per heavy atom. The summed E-state index contributed by atoms with van der Waals surface area (Å²) in [6, 6.07) is 10.4. The molecule has 2 unspecified atom stereocenters. The third-order valence-corrected chi connectivity index (χ3v) is 7.70. The van der Waals surface area contributed by atoms with E-state index in [-0.39, 0.29) is 24.0 Å². The molecule has 2 N–H and O–H groups in total. The van der Waals surface area contributed by atoms with Gasteiger partial charge in [0, 0.05) is 43.6 Å². The number of hydrogen-bond acceptors (Lipinski definition) is 5. The van der Waals surface area contributed by atoms with Gasteiger partial charge >= 0.3 is 0 Å². The summed E-state index contributed by atoms with van der Waals surface area (Å²) in [5, 5.41) is 12.5. The molecule has 0 spiro atoms. The Labute approximate surface area is 198 Å². The highest BCUT2D eigenvalue weighted by Crippen LogP contribution is 2.52. The highest BCUT2D eigenvalue weighted by Gasteiger charge is 2.47. The maximum Gasteiger partial charge on any atom is 0.248 e. The number of rotatable bonds is 4. The van der Waals surface area contributed by atoms with Crippen LogP contribution in [0, 0.1) is 0 Å². The average Bonchev–Trinajstić information content (AvgIpc) is 3.46. The summed E-state index contributed by atoms with van der Waals surface area (Å²) >= 11 is 13.0. The maximum absolute atomic E-state index is 12.3. The number of halogens is 2. The summed E-state index contributed by atoms with van der Waals surface area (Å²) < 4.78 is 6.29. The molecule has 8 heteroatoms. The molecule has 0 bridgehead atoms. The van der Waals surface area contributed by atoms with Gasteiger partial charge in [-0.1, -0.05) is 35.3 Å². The molecule has 2 aromatic rings. The number of carbonyl (C=O) groups excluding carboxylic acids is 1. The lowest BCUT2D eigenvalue weighted by Crippen LogP contribution is -2.51. The van der Waals surface area contributed by atoms with Crippen molar-refractivity contribution in [3.63, 3.8) is 0 Å². The highest BCUT2D eigenvalue weighted by atomic mass is 35.5. The molecule has 0 aromatic heterocycles. The third-order valence-electron chi connectivity index (χ3n) is 6.93. The molecule has 0 radical (unpaired) electrons. The molecule has 6 nitrogen and oxygen atoms in total. The van der Waals surface area contributed by atoms with Crippen molar-refractivity contribution >= 4 is 34.8 Å². The summed E-state index contributed by atoms with van der Waals surface area (Å²) in [5.41, 5.74) is 7.82. The molecule has 2 saturated heterocycles. The van der Waals surface area contributed by atoms with Crippen molar-refractivity contribution in [3.8, 4) is 5.75 Å². The number of amides is 1. The number of hydrogen-bond donors (Lipinski definition) is 2. The van der Waals surface area contributed by atoms with Crippen LogP contribution < -0.4 is 15.2 Å². The molecule has 2 fully saturated rings. The van der Waals surface area contributed by atoms with E-state index in [4.69, 9.17) is 27.9 Å². The number of piperidine rings is 1. The van der Waals surface area contributed by atoms with Gasteiger partial charge in [0.25, 0.3) is 0 Å². The number of anilines is 1. The van der Waals surface area contributed by atoms with E-state index < -0.39 is 6.61 Å². The number of carbonyl (C=O) groups is 1. The Balaban J connectivity index is 1.48. The minimum absolute atomic E-state index is 0.00732. The van der Waals surface area contributed by atoms with Gasteiger partial charge in [-0.15, -0.1) is 0 Å². The van der Waals surface area contributed by atoms with Crippen molar-refractivity contribution in [2.75, 3.05) is 31.3 Å². The fourth-order valence-corrected chi connectivity index (χ4v) is 5.78. The number of ether oxygens (including phenoxy) is 1. The maximum atomic E-state index is 12.3. The van der Waals surface area contributed by atoms with E-state index in [0.717, 1.165) is 36.3 Å². The molecule has 170 valence electrons. The van der Waals surface area contributed by atoms with Crippen LogP contribution in [0.4, 0.5) is 5.69 Å². The lowest BCUT2D eigenvalue weighted by molar-refractivity contribution is -0.139. The first-order chi connectivity index (χ1) is 15.5. The quantitative estimate of drug-likeness (QED) is 0.704. The average molecular weight is 476 g/mol. The summed E-state index contributed by atoms with van der Waals surface area (Å²) in [5.74, 6) is 0.386. The summed E-state index contributed by atoms with van der Waals surface area (Å²) in [7, 11) is 0. The minimum atomic E-state index is -0.484. The van der Waals surface area contributed by atoms with Crippen LogP contribution >= 0.6 is 23.2 Å². The van der Waals surface area contributed by atoms with Crippen molar-refractivity contribution in [1.29, 1.82) is 0 Å². The van der Waals surface area contributed by atoms with Crippen LogP contribution in [0.1, 0.15) is 42.4 Å². The van der Waals surface area contributed by atoms with Gasteiger partial charge in [0.15, 0.2) is 0 Å². The number of benzene rings is 2. The van der Waals surface area contributed by atoms with Crippen molar-refractivity contribution in [3.05, 3.63) is 57.1 Å². The molecule has 2 aromatic carbocycles. The van der Waals surface area contributed by atoms with Gasteiger partial charge in [0.05, 0.1) is 10.7 Å². The summed E-state index contributed by atoms with van der Waals surface area (Å²) in [4.78, 5) is 14.0. The van der Waals surface area contributed by atoms with E-state index in [2.05, 4.69) is 34.7 Å². The van der Waals surface area contributed by atoms with Crippen LogP contribution in [0.3, 0.4) is 0 Å². The second-order valence-electron chi connectivity index (χ2n) is 8.79. The Morgan fingerprint density at radius 3 is 2.72 bits per heavy atom. The monoisotopic (exact) mass is 475 g/mol. The van der Waals surface area contributed by atoms with Gasteiger partial charge in [0.2, 0.25) is 5.91 Å². The van der Waals surface area contributed by atoms with Gasteiger partial charge < -0.3 is 19.8 Å². The molecule has 3 aliphatic rings.